The Morgan fingerprint density at radius 1 is 1.67 bits per heavy atom. The van der Waals surface area contributed by atoms with E-state index in [2.05, 4.69) is 15.1 Å². The highest BCUT2D eigenvalue weighted by Crippen LogP contribution is 2.37. The molecule has 15 heavy (non-hydrogen) atoms. The fraction of sp³-hybridized carbons (Fsp3) is 0.636. The summed E-state index contributed by atoms with van der Waals surface area (Å²) < 4.78 is 4.60. The lowest BCUT2D eigenvalue weighted by atomic mass is 9.86. The second-order valence-electron chi connectivity index (χ2n) is 3.88. The summed E-state index contributed by atoms with van der Waals surface area (Å²) >= 11 is 1.73. The van der Waals surface area contributed by atoms with E-state index in [4.69, 9.17) is 0 Å². The van der Waals surface area contributed by atoms with Gasteiger partial charge in [-0.15, -0.1) is 11.3 Å². The maximum atomic E-state index is 10.9. The molecule has 0 saturated heterocycles. The molecule has 0 N–H and O–H groups in total. The number of methoxy groups -OCH3 is 1. The molecule has 82 valence electrons. The maximum absolute atomic E-state index is 10.9. The van der Waals surface area contributed by atoms with Crippen LogP contribution in [0.1, 0.15) is 42.3 Å². The van der Waals surface area contributed by atoms with Crippen molar-refractivity contribution in [2.24, 2.45) is 0 Å². The summed E-state index contributed by atoms with van der Waals surface area (Å²) in [5.74, 6) is 0.537. The van der Waals surface area contributed by atoms with E-state index in [0.717, 1.165) is 5.69 Å². The van der Waals surface area contributed by atoms with Crippen LogP contribution in [-0.2, 0) is 16.0 Å². The zero-order valence-corrected chi connectivity index (χ0v) is 9.68. The molecule has 1 heterocycles. The van der Waals surface area contributed by atoms with Gasteiger partial charge in [-0.1, -0.05) is 6.42 Å². The van der Waals surface area contributed by atoms with Gasteiger partial charge in [-0.3, -0.25) is 4.79 Å². The van der Waals surface area contributed by atoms with Gasteiger partial charge in [-0.05, 0) is 12.8 Å². The molecule has 0 amide bonds. The Bertz CT molecular complexity index is 344. The van der Waals surface area contributed by atoms with Crippen molar-refractivity contribution in [1.29, 1.82) is 0 Å². The summed E-state index contributed by atoms with van der Waals surface area (Å²) in [5.41, 5.74) is 1.03. The van der Waals surface area contributed by atoms with Crippen LogP contribution in [0.4, 0.5) is 0 Å². The molecule has 1 aliphatic carbocycles. The molecule has 1 aromatic heterocycles. The van der Waals surface area contributed by atoms with Crippen LogP contribution in [0.15, 0.2) is 5.38 Å². The largest absolute Gasteiger partial charge is 0.469 e. The minimum Gasteiger partial charge on any atom is -0.469 e. The first kappa shape index (κ1) is 10.6. The highest BCUT2D eigenvalue weighted by atomic mass is 32.1. The predicted octanol–water partition coefficient (Wildman–Crippen LogP) is 2.52. The van der Waals surface area contributed by atoms with Crippen molar-refractivity contribution in [3.8, 4) is 0 Å². The van der Waals surface area contributed by atoms with E-state index < -0.39 is 0 Å². The Balaban J connectivity index is 1.86. The van der Waals surface area contributed by atoms with E-state index in [0.29, 0.717) is 18.8 Å². The molecular formula is C11H15NO2S. The van der Waals surface area contributed by atoms with E-state index in [9.17, 15) is 4.79 Å². The molecule has 2 rings (SSSR count). The zero-order chi connectivity index (χ0) is 10.7. The Hall–Kier alpha value is -0.900. The van der Waals surface area contributed by atoms with Gasteiger partial charge < -0.3 is 4.74 Å². The minimum absolute atomic E-state index is 0.159. The van der Waals surface area contributed by atoms with Gasteiger partial charge in [0.05, 0.1) is 24.2 Å². The van der Waals surface area contributed by atoms with Crippen LogP contribution in [0.3, 0.4) is 0 Å². The summed E-state index contributed by atoms with van der Waals surface area (Å²) in [6, 6.07) is 0. The minimum atomic E-state index is -0.159. The van der Waals surface area contributed by atoms with Crippen LogP contribution in [0.5, 0.6) is 0 Å². The maximum Gasteiger partial charge on any atom is 0.305 e. The SMILES string of the molecule is COC(=O)CCc1csc(C2CCC2)n1. The number of carbonyl (C=O) groups is 1. The molecule has 0 atom stereocenters. The van der Waals surface area contributed by atoms with Gasteiger partial charge in [-0.25, -0.2) is 4.98 Å². The number of hydrogen-bond acceptors (Lipinski definition) is 4. The van der Waals surface area contributed by atoms with E-state index in [1.807, 2.05) is 0 Å². The number of ether oxygens (including phenoxy) is 1. The molecule has 1 aliphatic rings. The number of rotatable bonds is 4. The van der Waals surface area contributed by atoms with Crippen molar-refractivity contribution in [3.63, 3.8) is 0 Å². The van der Waals surface area contributed by atoms with Crippen molar-refractivity contribution in [2.45, 2.75) is 38.0 Å². The molecule has 0 unspecified atom stereocenters. The van der Waals surface area contributed by atoms with Gasteiger partial charge in [-0.2, -0.15) is 0 Å². The third kappa shape index (κ3) is 2.56. The van der Waals surface area contributed by atoms with Crippen molar-refractivity contribution in [3.05, 3.63) is 16.1 Å². The first-order chi connectivity index (χ1) is 7.29. The third-order valence-electron chi connectivity index (χ3n) is 2.84. The molecule has 1 aromatic rings. The van der Waals surface area contributed by atoms with E-state index >= 15 is 0 Å². The molecule has 1 fully saturated rings. The number of esters is 1. The molecule has 0 aliphatic heterocycles. The average Bonchev–Trinajstić information content (AvgIpc) is 2.60. The highest BCUT2D eigenvalue weighted by molar-refractivity contribution is 7.09. The average molecular weight is 225 g/mol. The second kappa shape index (κ2) is 4.75. The summed E-state index contributed by atoms with van der Waals surface area (Å²) in [4.78, 5) is 15.5. The Labute approximate surface area is 93.5 Å². The first-order valence-electron chi connectivity index (χ1n) is 5.30. The molecule has 4 heteroatoms. The number of aryl methyl sites for hydroxylation is 1. The summed E-state index contributed by atoms with van der Waals surface area (Å²) in [7, 11) is 1.42. The van der Waals surface area contributed by atoms with Crippen molar-refractivity contribution in [2.75, 3.05) is 7.11 Å². The van der Waals surface area contributed by atoms with E-state index in [-0.39, 0.29) is 5.97 Å². The van der Waals surface area contributed by atoms with Gasteiger partial charge >= 0.3 is 5.97 Å². The standard InChI is InChI=1S/C11H15NO2S/c1-14-10(13)6-5-9-7-15-11(12-9)8-3-2-4-8/h7-8H,2-6H2,1H3. The fourth-order valence-corrected chi connectivity index (χ4v) is 2.64. The molecule has 0 spiro atoms. The third-order valence-corrected chi connectivity index (χ3v) is 3.89. The smallest absolute Gasteiger partial charge is 0.305 e. The summed E-state index contributed by atoms with van der Waals surface area (Å²) in [6.45, 7) is 0. The molecule has 0 bridgehead atoms. The molecule has 0 aromatic carbocycles. The number of carbonyl (C=O) groups excluding carboxylic acids is 1. The van der Waals surface area contributed by atoms with Gasteiger partial charge in [0.25, 0.3) is 0 Å². The summed E-state index contributed by atoms with van der Waals surface area (Å²) in [6.07, 6.45) is 5.04. The lowest BCUT2D eigenvalue weighted by molar-refractivity contribution is -0.140. The molecule has 3 nitrogen and oxygen atoms in total. The van der Waals surface area contributed by atoms with Crippen molar-refractivity contribution in [1.82, 2.24) is 4.98 Å². The topological polar surface area (TPSA) is 39.2 Å². The zero-order valence-electron chi connectivity index (χ0n) is 8.86. The molecule has 0 radical (unpaired) electrons. The van der Waals surface area contributed by atoms with Crippen LogP contribution >= 0.6 is 11.3 Å². The Morgan fingerprint density at radius 2 is 2.47 bits per heavy atom. The van der Waals surface area contributed by atoms with Crippen LogP contribution in [0.2, 0.25) is 0 Å². The van der Waals surface area contributed by atoms with Crippen molar-refractivity contribution < 1.29 is 9.53 Å². The van der Waals surface area contributed by atoms with Gasteiger partial charge in [0.2, 0.25) is 0 Å². The Kier molecular flexibility index (Phi) is 3.36. The lowest BCUT2D eigenvalue weighted by Gasteiger charge is -2.22. The van der Waals surface area contributed by atoms with Gasteiger partial charge in [0.15, 0.2) is 0 Å². The van der Waals surface area contributed by atoms with Crippen LogP contribution in [0.25, 0.3) is 0 Å². The van der Waals surface area contributed by atoms with Gasteiger partial charge in [0, 0.05) is 17.7 Å². The quantitative estimate of drug-likeness (QED) is 0.739. The second-order valence-corrected chi connectivity index (χ2v) is 4.77. The highest BCUT2D eigenvalue weighted by Gasteiger charge is 2.22. The molecule has 1 saturated carbocycles. The molecular weight excluding hydrogens is 210 g/mol. The first-order valence-corrected chi connectivity index (χ1v) is 6.18. The van der Waals surface area contributed by atoms with Crippen LogP contribution in [-0.4, -0.2) is 18.1 Å². The number of aromatic nitrogens is 1. The monoisotopic (exact) mass is 225 g/mol. The van der Waals surface area contributed by atoms with Crippen LogP contribution < -0.4 is 0 Å². The number of nitrogens with zero attached hydrogens (tertiary/aromatic N) is 1. The lowest BCUT2D eigenvalue weighted by Crippen LogP contribution is -2.08. The van der Waals surface area contributed by atoms with E-state index in [1.165, 1.54) is 31.4 Å². The fourth-order valence-electron chi connectivity index (χ4n) is 1.61. The normalized spacial score (nSPS) is 16.1. The summed E-state index contributed by atoms with van der Waals surface area (Å²) in [5, 5.41) is 3.32. The van der Waals surface area contributed by atoms with E-state index in [1.54, 1.807) is 11.3 Å². The van der Waals surface area contributed by atoms with Gasteiger partial charge in [0.1, 0.15) is 0 Å². The van der Waals surface area contributed by atoms with Crippen LogP contribution in [0, 0.1) is 0 Å². The predicted molar refractivity (Wildman–Crippen MR) is 59.0 cm³/mol. The number of thiazole rings is 1. The Morgan fingerprint density at radius 3 is 3.07 bits per heavy atom. The van der Waals surface area contributed by atoms with Crippen molar-refractivity contribution >= 4 is 17.3 Å². The number of hydrogen-bond donors (Lipinski definition) is 0.